The maximum Gasteiger partial charge on any atom is 0.244 e. The molecule has 4 rings (SSSR count). The number of thiazole rings is 1. The van der Waals surface area contributed by atoms with Gasteiger partial charge in [0.1, 0.15) is 6.04 Å². The number of sulfonamides is 1. The molecule has 2 aromatic carbocycles. The summed E-state index contributed by atoms with van der Waals surface area (Å²) in [5, 5.41) is 3.28. The first-order valence-corrected chi connectivity index (χ1v) is 10.5. The third-order valence-corrected chi connectivity index (χ3v) is 7.25. The number of hydrogen-bond acceptors (Lipinski definition) is 5. The zero-order valence-corrected chi connectivity index (χ0v) is 15.5. The highest BCUT2D eigenvalue weighted by Crippen LogP contribution is 2.29. The van der Waals surface area contributed by atoms with Gasteiger partial charge in [-0.1, -0.05) is 41.7 Å². The maximum atomic E-state index is 12.9. The zero-order chi connectivity index (χ0) is 18.1. The molecule has 0 bridgehead atoms. The molecule has 6 nitrogen and oxygen atoms in total. The van der Waals surface area contributed by atoms with Gasteiger partial charge < -0.3 is 5.32 Å². The van der Waals surface area contributed by atoms with E-state index in [1.807, 2.05) is 24.3 Å². The number of anilines is 1. The lowest BCUT2D eigenvalue weighted by Crippen LogP contribution is -2.43. The molecule has 134 valence electrons. The highest BCUT2D eigenvalue weighted by molar-refractivity contribution is 7.89. The molecule has 0 spiro atoms. The molecule has 2 heterocycles. The van der Waals surface area contributed by atoms with Gasteiger partial charge in [-0.2, -0.15) is 4.31 Å². The highest BCUT2D eigenvalue weighted by atomic mass is 32.2. The third-order valence-electron chi connectivity index (χ3n) is 4.38. The average Bonchev–Trinajstić information content (AvgIpc) is 3.29. The lowest BCUT2D eigenvalue weighted by atomic mass is 10.2. The molecule has 0 saturated carbocycles. The van der Waals surface area contributed by atoms with Gasteiger partial charge in [0.15, 0.2) is 5.13 Å². The van der Waals surface area contributed by atoms with Crippen molar-refractivity contribution in [1.82, 2.24) is 9.29 Å². The minimum Gasteiger partial charge on any atom is -0.301 e. The van der Waals surface area contributed by atoms with Crippen molar-refractivity contribution in [2.75, 3.05) is 11.9 Å². The van der Waals surface area contributed by atoms with Gasteiger partial charge in [-0.25, -0.2) is 13.4 Å². The minimum absolute atomic E-state index is 0.208. The SMILES string of the molecule is O=C(Nc1nc2ccccc2s1)[C@@H]1CCCN1S(=O)(=O)c1ccccc1. The van der Waals surface area contributed by atoms with Crippen LogP contribution >= 0.6 is 11.3 Å². The van der Waals surface area contributed by atoms with Crippen LogP contribution < -0.4 is 5.32 Å². The first-order chi connectivity index (χ1) is 12.6. The predicted octanol–water partition coefficient (Wildman–Crippen LogP) is 3.09. The monoisotopic (exact) mass is 387 g/mol. The van der Waals surface area contributed by atoms with E-state index in [9.17, 15) is 13.2 Å². The second kappa shape index (κ2) is 6.79. The van der Waals surface area contributed by atoms with Crippen LogP contribution in [0.1, 0.15) is 12.8 Å². The van der Waals surface area contributed by atoms with E-state index in [0.29, 0.717) is 24.5 Å². The fraction of sp³-hybridized carbons (Fsp3) is 0.222. The van der Waals surface area contributed by atoms with E-state index in [2.05, 4.69) is 10.3 Å². The molecule has 1 amide bonds. The number of rotatable bonds is 4. The molecule has 0 radical (unpaired) electrons. The Bertz CT molecular complexity index is 1010. The van der Waals surface area contributed by atoms with Gasteiger partial charge in [0.05, 0.1) is 15.1 Å². The predicted molar refractivity (Wildman–Crippen MR) is 102 cm³/mol. The molecule has 8 heteroatoms. The van der Waals surface area contributed by atoms with Crippen LogP contribution in [0.4, 0.5) is 5.13 Å². The molecule has 1 fully saturated rings. The first kappa shape index (κ1) is 17.1. The van der Waals surface area contributed by atoms with Crippen molar-refractivity contribution in [3.05, 3.63) is 54.6 Å². The Morgan fingerprint density at radius 2 is 1.85 bits per heavy atom. The van der Waals surface area contributed by atoms with Crippen LogP contribution in [0.5, 0.6) is 0 Å². The molecule has 26 heavy (non-hydrogen) atoms. The fourth-order valence-electron chi connectivity index (χ4n) is 3.13. The van der Waals surface area contributed by atoms with E-state index in [1.54, 1.807) is 30.3 Å². The molecule has 1 aliphatic heterocycles. The Kier molecular flexibility index (Phi) is 4.47. The Balaban J connectivity index is 1.57. The molecule has 1 aliphatic rings. The van der Waals surface area contributed by atoms with E-state index >= 15 is 0 Å². The van der Waals surface area contributed by atoms with Crippen molar-refractivity contribution in [2.45, 2.75) is 23.8 Å². The molecular weight excluding hydrogens is 370 g/mol. The van der Waals surface area contributed by atoms with Crippen LogP contribution in [0.15, 0.2) is 59.5 Å². The van der Waals surface area contributed by atoms with E-state index in [-0.39, 0.29) is 10.8 Å². The molecule has 1 aromatic heterocycles. The lowest BCUT2D eigenvalue weighted by molar-refractivity contribution is -0.119. The number of benzene rings is 2. The summed E-state index contributed by atoms with van der Waals surface area (Å²) in [6, 6.07) is 15.1. The van der Waals surface area contributed by atoms with Crippen LogP contribution in [-0.2, 0) is 14.8 Å². The summed E-state index contributed by atoms with van der Waals surface area (Å²) in [5.74, 6) is -0.332. The number of para-hydroxylation sites is 1. The van der Waals surface area contributed by atoms with Crippen molar-refractivity contribution < 1.29 is 13.2 Å². The largest absolute Gasteiger partial charge is 0.301 e. The van der Waals surface area contributed by atoms with Gasteiger partial charge in [-0.05, 0) is 37.1 Å². The van der Waals surface area contributed by atoms with Crippen LogP contribution in [0.2, 0.25) is 0 Å². The number of aromatic nitrogens is 1. The zero-order valence-electron chi connectivity index (χ0n) is 13.8. The number of fused-ring (bicyclic) bond motifs is 1. The molecule has 0 aliphatic carbocycles. The van der Waals surface area contributed by atoms with Crippen molar-refractivity contribution in [3.8, 4) is 0 Å². The fourth-order valence-corrected chi connectivity index (χ4v) is 5.68. The van der Waals surface area contributed by atoms with Gasteiger partial charge in [0, 0.05) is 6.54 Å². The maximum absolute atomic E-state index is 12.9. The quantitative estimate of drug-likeness (QED) is 0.746. The van der Waals surface area contributed by atoms with Crippen molar-refractivity contribution in [1.29, 1.82) is 0 Å². The van der Waals surface area contributed by atoms with Gasteiger partial charge in [-0.3, -0.25) is 4.79 Å². The van der Waals surface area contributed by atoms with Crippen LogP contribution in [0.25, 0.3) is 10.2 Å². The van der Waals surface area contributed by atoms with Crippen molar-refractivity contribution >= 4 is 42.6 Å². The Morgan fingerprint density at radius 3 is 2.62 bits per heavy atom. The second-order valence-electron chi connectivity index (χ2n) is 6.06. The Labute approximate surface area is 155 Å². The standard InChI is InChI=1S/C18H17N3O3S2/c22-17(20-18-19-14-9-4-5-11-16(14)25-18)15-10-6-12-21(15)26(23,24)13-7-2-1-3-8-13/h1-5,7-9,11,15H,6,10,12H2,(H,19,20,22)/t15-/m0/s1. The third kappa shape index (κ3) is 3.11. The Hall–Kier alpha value is -2.29. The van der Waals surface area contributed by atoms with E-state index in [0.717, 1.165) is 10.2 Å². The Morgan fingerprint density at radius 1 is 1.12 bits per heavy atom. The number of amides is 1. The van der Waals surface area contributed by atoms with Crippen molar-refractivity contribution in [3.63, 3.8) is 0 Å². The number of carbonyl (C=O) groups is 1. The molecular formula is C18H17N3O3S2. The van der Waals surface area contributed by atoms with Gasteiger partial charge in [0.25, 0.3) is 0 Å². The smallest absolute Gasteiger partial charge is 0.244 e. The normalized spacial score (nSPS) is 18.2. The van der Waals surface area contributed by atoms with Crippen LogP contribution in [0.3, 0.4) is 0 Å². The van der Waals surface area contributed by atoms with E-state index in [1.165, 1.54) is 15.6 Å². The summed E-state index contributed by atoms with van der Waals surface area (Å²) in [5.41, 5.74) is 0.813. The van der Waals surface area contributed by atoms with Crippen LogP contribution in [0, 0.1) is 0 Å². The van der Waals surface area contributed by atoms with E-state index < -0.39 is 16.1 Å². The van der Waals surface area contributed by atoms with Gasteiger partial charge >= 0.3 is 0 Å². The highest BCUT2D eigenvalue weighted by Gasteiger charge is 2.39. The van der Waals surface area contributed by atoms with Crippen LogP contribution in [-0.4, -0.2) is 36.2 Å². The van der Waals surface area contributed by atoms with Gasteiger partial charge in [-0.15, -0.1) is 0 Å². The average molecular weight is 387 g/mol. The number of nitrogens with zero attached hydrogens (tertiary/aromatic N) is 2. The van der Waals surface area contributed by atoms with Gasteiger partial charge in [0.2, 0.25) is 15.9 Å². The molecule has 0 unspecified atom stereocenters. The number of carbonyl (C=O) groups excluding carboxylic acids is 1. The summed E-state index contributed by atoms with van der Waals surface area (Å²) in [6.45, 7) is 0.342. The number of hydrogen-bond donors (Lipinski definition) is 1. The summed E-state index contributed by atoms with van der Waals surface area (Å²) in [6.07, 6.45) is 1.16. The molecule has 1 saturated heterocycles. The second-order valence-corrected chi connectivity index (χ2v) is 8.98. The summed E-state index contributed by atoms with van der Waals surface area (Å²) >= 11 is 1.38. The minimum atomic E-state index is -3.69. The topological polar surface area (TPSA) is 79.4 Å². The molecule has 1 N–H and O–H groups in total. The van der Waals surface area contributed by atoms with Crippen molar-refractivity contribution in [2.24, 2.45) is 0 Å². The van der Waals surface area contributed by atoms with E-state index in [4.69, 9.17) is 0 Å². The lowest BCUT2D eigenvalue weighted by Gasteiger charge is -2.22. The molecule has 3 aromatic rings. The molecule has 1 atom stereocenters. The first-order valence-electron chi connectivity index (χ1n) is 8.29. The number of nitrogens with one attached hydrogen (secondary N) is 1. The summed E-state index contributed by atoms with van der Waals surface area (Å²) in [4.78, 5) is 17.3. The summed E-state index contributed by atoms with van der Waals surface area (Å²) < 4.78 is 28.0. The summed E-state index contributed by atoms with van der Waals surface area (Å²) in [7, 11) is -3.69.